The third kappa shape index (κ3) is 10.5. The Kier molecular flexibility index (Phi) is 15.3. The summed E-state index contributed by atoms with van der Waals surface area (Å²) < 4.78 is 51.3. The van der Waals surface area contributed by atoms with Gasteiger partial charge in [0.05, 0.1) is 21.5 Å². The molecule has 12 heteroatoms. The number of ether oxygens (including phenoxy) is 4. The lowest BCUT2D eigenvalue weighted by atomic mass is 9.47. The van der Waals surface area contributed by atoms with Crippen LogP contribution in [0.1, 0.15) is 186 Å². The van der Waals surface area contributed by atoms with E-state index in [1.165, 1.54) is 64.2 Å². The first kappa shape index (κ1) is 49.8. The monoisotopic (exact) mass is 879 g/mol. The van der Waals surface area contributed by atoms with Crippen molar-refractivity contribution in [3.8, 4) is 0 Å². The number of rotatable bonds is 13. The summed E-state index contributed by atoms with van der Waals surface area (Å²) in [5, 5.41) is -0.448. The predicted molar refractivity (Wildman–Crippen MR) is 234 cm³/mol. The number of hydrogen-bond acceptors (Lipinski definition) is 11. The molecule has 0 aromatic heterocycles. The molecule has 0 aromatic rings. The zero-order valence-electron chi connectivity index (χ0n) is 40.1. The Labute approximate surface area is 368 Å². The average Bonchev–Trinajstić information content (AvgIpc) is 3.83. The predicted octanol–water partition coefficient (Wildman–Crippen LogP) is 10.2. The molecule has 0 spiro atoms. The van der Waals surface area contributed by atoms with Crippen molar-refractivity contribution >= 4 is 34.0 Å². The Morgan fingerprint density at radius 3 is 1.70 bits per heavy atom. The number of esters is 4. The number of carbonyl (C=O) groups excluding carboxylic acids is 4. The van der Waals surface area contributed by atoms with E-state index in [4.69, 9.17) is 23.1 Å². The third-order valence-electron chi connectivity index (χ3n) is 16.8. The first-order valence-electron chi connectivity index (χ1n) is 24.0. The van der Waals surface area contributed by atoms with Crippen LogP contribution in [0.4, 0.5) is 0 Å². The van der Waals surface area contributed by atoms with Crippen molar-refractivity contribution in [3.05, 3.63) is 0 Å². The van der Waals surface area contributed by atoms with Gasteiger partial charge in [-0.25, -0.2) is 4.79 Å². The molecule has 1 saturated heterocycles. The van der Waals surface area contributed by atoms with Gasteiger partial charge in [-0.2, -0.15) is 8.42 Å². The quantitative estimate of drug-likeness (QED) is 0.0989. The molecule has 0 amide bonds. The molecule has 11 nitrogen and oxygen atoms in total. The molecule has 6 bridgehead atoms. The highest BCUT2D eigenvalue weighted by atomic mass is 32.2. The number of hydrogen-bond donors (Lipinski definition) is 0. The van der Waals surface area contributed by atoms with E-state index in [-0.39, 0.29) is 45.8 Å². The maximum absolute atomic E-state index is 12.8. The molecule has 5 unspecified atom stereocenters. The molecule has 1 heterocycles. The molecule has 7 saturated carbocycles. The van der Waals surface area contributed by atoms with Crippen LogP contribution < -0.4 is 0 Å². The van der Waals surface area contributed by atoms with Gasteiger partial charge in [-0.3, -0.25) is 18.6 Å². The van der Waals surface area contributed by atoms with Gasteiger partial charge in [-0.15, -0.1) is 0 Å². The molecule has 0 aromatic carbocycles. The van der Waals surface area contributed by atoms with Gasteiger partial charge in [0.1, 0.15) is 23.4 Å². The van der Waals surface area contributed by atoms with Crippen LogP contribution in [0.2, 0.25) is 0 Å². The molecule has 1 aliphatic heterocycles. The molecule has 8 aliphatic rings. The number of fused-ring (bicyclic) bond motifs is 1. The minimum absolute atomic E-state index is 0.0130. The highest BCUT2D eigenvalue weighted by Gasteiger charge is 2.65. The fourth-order valence-corrected chi connectivity index (χ4v) is 13.6. The molecule has 7 aliphatic carbocycles. The summed E-state index contributed by atoms with van der Waals surface area (Å²) in [6, 6.07) is 0. The van der Waals surface area contributed by atoms with E-state index in [0.29, 0.717) is 42.9 Å². The van der Waals surface area contributed by atoms with Gasteiger partial charge in [-0.05, 0) is 168 Å². The minimum atomic E-state index is -3.53. The second-order valence-electron chi connectivity index (χ2n) is 22.8. The topological polar surface area (TPSA) is 149 Å². The molecule has 61 heavy (non-hydrogen) atoms. The molecule has 8 fully saturated rings. The Morgan fingerprint density at radius 1 is 0.689 bits per heavy atom. The zero-order chi connectivity index (χ0) is 45.5. The molecule has 0 N–H and O–H groups in total. The summed E-state index contributed by atoms with van der Waals surface area (Å²) in [4.78, 5) is 48.7. The Hall–Kier alpha value is -2.21. The van der Waals surface area contributed by atoms with Crippen LogP contribution in [0.15, 0.2) is 0 Å². The van der Waals surface area contributed by atoms with Crippen LogP contribution in [0, 0.1) is 63.6 Å². The van der Waals surface area contributed by atoms with Crippen molar-refractivity contribution in [2.24, 2.45) is 63.6 Å². The number of carbonyl (C=O) groups is 4. The SMILES string of the molecule is CCC(C)(C)C(=O)OC(C)(C)C1CCCCC1.CCC(C)(C)C(=O)OC1(C(C)C)C2CC3CC(C2)CC1C3.CCC(C)(C)C(=O)OCC(=O)OC1C2CC3C1OS(=O)(=O)C3C2. The second kappa shape index (κ2) is 18.7. The lowest BCUT2D eigenvalue weighted by Gasteiger charge is -2.62. The van der Waals surface area contributed by atoms with Crippen molar-refractivity contribution in [2.75, 3.05) is 6.61 Å². The van der Waals surface area contributed by atoms with Crippen LogP contribution in [-0.2, 0) is 52.4 Å². The van der Waals surface area contributed by atoms with E-state index < -0.39 is 51.5 Å². The summed E-state index contributed by atoms with van der Waals surface area (Å²) in [6.07, 6.45) is 15.2. The van der Waals surface area contributed by atoms with E-state index in [1.54, 1.807) is 13.8 Å². The Balaban J connectivity index is 0.000000175. The normalized spacial score (nSPS) is 33.6. The van der Waals surface area contributed by atoms with Crippen LogP contribution >= 0.6 is 0 Å². The van der Waals surface area contributed by atoms with Gasteiger partial charge in [0, 0.05) is 11.8 Å². The summed E-state index contributed by atoms with van der Waals surface area (Å²) >= 11 is 0. The lowest BCUT2D eigenvalue weighted by Crippen LogP contribution is -2.63. The maximum Gasteiger partial charge on any atom is 0.344 e. The van der Waals surface area contributed by atoms with Gasteiger partial charge in [0.15, 0.2) is 6.61 Å². The Morgan fingerprint density at radius 2 is 1.20 bits per heavy atom. The first-order chi connectivity index (χ1) is 28.2. The maximum atomic E-state index is 12.8. The average molecular weight is 879 g/mol. The lowest BCUT2D eigenvalue weighted by molar-refractivity contribution is -0.231. The van der Waals surface area contributed by atoms with Gasteiger partial charge in [0.25, 0.3) is 10.1 Å². The highest BCUT2D eigenvalue weighted by molar-refractivity contribution is 7.87. The largest absolute Gasteiger partial charge is 0.459 e. The van der Waals surface area contributed by atoms with E-state index in [0.717, 1.165) is 24.7 Å². The summed E-state index contributed by atoms with van der Waals surface area (Å²) in [5.74, 6) is 2.84. The molecule has 350 valence electrons. The van der Waals surface area contributed by atoms with E-state index >= 15 is 0 Å². The van der Waals surface area contributed by atoms with Gasteiger partial charge in [-0.1, -0.05) is 53.9 Å². The van der Waals surface area contributed by atoms with Gasteiger partial charge in [0.2, 0.25) is 0 Å². The van der Waals surface area contributed by atoms with Crippen LogP contribution in [0.25, 0.3) is 0 Å². The van der Waals surface area contributed by atoms with Crippen molar-refractivity contribution in [3.63, 3.8) is 0 Å². The molecule has 5 atom stereocenters. The molecular formula is C49H82O11S. The van der Waals surface area contributed by atoms with Crippen LogP contribution in [0.3, 0.4) is 0 Å². The zero-order valence-corrected chi connectivity index (χ0v) is 40.9. The smallest absolute Gasteiger partial charge is 0.344 e. The van der Waals surface area contributed by atoms with Gasteiger partial charge >= 0.3 is 23.9 Å². The highest BCUT2D eigenvalue weighted by Crippen LogP contribution is 2.62. The molecule has 0 radical (unpaired) electrons. The van der Waals surface area contributed by atoms with E-state index in [2.05, 4.69) is 34.6 Å². The van der Waals surface area contributed by atoms with Crippen LogP contribution in [-0.4, -0.2) is 67.6 Å². The second-order valence-corrected chi connectivity index (χ2v) is 24.5. The van der Waals surface area contributed by atoms with Crippen molar-refractivity contribution in [1.82, 2.24) is 0 Å². The third-order valence-corrected chi connectivity index (χ3v) is 18.6. The first-order valence-corrected chi connectivity index (χ1v) is 25.5. The van der Waals surface area contributed by atoms with E-state index in [1.807, 2.05) is 41.5 Å². The fourth-order valence-electron chi connectivity index (χ4n) is 11.7. The Bertz CT molecular complexity index is 1660. The summed E-state index contributed by atoms with van der Waals surface area (Å²) in [6.45, 7) is 25.7. The van der Waals surface area contributed by atoms with E-state index in [9.17, 15) is 27.6 Å². The fraction of sp³-hybridized carbons (Fsp3) is 0.918. The molecular weight excluding hydrogens is 797 g/mol. The van der Waals surface area contributed by atoms with Gasteiger partial charge < -0.3 is 18.9 Å². The minimum Gasteiger partial charge on any atom is -0.459 e. The summed E-state index contributed by atoms with van der Waals surface area (Å²) in [7, 11) is -3.53. The summed E-state index contributed by atoms with van der Waals surface area (Å²) in [5.41, 5.74) is -1.83. The van der Waals surface area contributed by atoms with Crippen molar-refractivity contribution < 1.29 is 50.7 Å². The standard InChI is InChI=1S/C19H32O2.C15H22O7S.C15H28O2/c1-6-18(4,5)17(20)21-19(12(2)3)15-8-13-7-14(10-15)11-16(19)9-13;1-4-15(2,3)14(17)20-7-11(16)21-12-8-5-9-10(6-8)23(18,19)22-13(9)12;1-6-14(2,3)13(16)17-15(4,5)12-10-8-7-9-11-12/h12-16H,6-11H2,1-5H3;8-10,12-13H,4-7H2,1-3H3;12H,6-11H2,1-5H3. The van der Waals surface area contributed by atoms with Crippen molar-refractivity contribution in [1.29, 1.82) is 0 Å². The molecule has 8 rings (SSSR count). The van der Waals surface area contributed by atoms with Crippen LogP contribution in [0.5, 0.6) is 0 Å². The van der Waals surface area contributed by atoms with Crippen molar-refractivity contribution in [2.45, 2.75) is 215 Å².